The van der Waals surface area contributed by atoms with Gasteiger partial charge >= 0.3 is 5.97 Å². The van der Waals surface area contributed by atoms with Gasteiger partial charge in [-0.2, -0.15) is 0 Å². The normalized spacial score (nSPS) is 19.1. The third-order valence-electron chi connectivity index (χ3n) is 3.58. The van der Waals surface area contributed by atoms with Crippen molar-refractivity contribution >= 4 is 5.97 Å². The molecule has 0 spiro atoms. The average molecular weight is 312 g/mol. The van der Waals surface area contributed by atoms with Gasteiger partial charge in [-0.05, 0) is 38.5 Å². The molecule has 0 aromatic carbocycles. The molecule has 1 N–H and O–H groups in total. The molecule has 1 heterocycles. The first-order valence-corrected chi connectivity index (χ1v) is 8.19. The lowest BCUT2D eigenvalue weighted by molar-refractivity contribution is -0.154. The van der Waals surface area contributed by atoms with Crippen LogP contribution in [0.5, 0.6) is 0 Å². The van der Waals surface area contributed by atoms with E-state index in [1.807, 2.05) is 0 Å². The Balaban J connectivity index is 1.95. The van der Waals surface area contributed by atoms with Crippen LogP contribution in [0.3, 0.4) is 0 Å². The summed E-state index contributed by atoms with van der Waals surface area (Å²) in [6.07, 6.45) is 7.26. The Kier molecular flexibility index (Phi) is 10.7. The lowest BCUT2D eigenvalue weighted by Gasteiger charge is -2.21. The summed E-state index contributed by atoms with van der Waals surface area (Å²) < 4.78 is 15.5. The molecule has 126 valence electrons. The Bertz CT molecular complexity index is 352. The van der Waals surface area contributed by atoms with E-state index in [9.17, 15) is 9.90 Å². The van der Waals surface area contributed by atoms with Crippen molar-refractivity contribution < 1.29 is 24.1 Å². The molecule has 0 radical (unpaired) electrons. The maximum Gasteiger partial charge on any atom is 0.305 e. The molecule has 2 atom stereocenters. The van der Waals surface area contributed by atoms with Gasteiger partial charge in [-0.15, -0.1) is 0 Å². The molecule has 22 heavy (non-hydrogen) atoms. The second-order valence-electron chi connectivity index (χ2n) is 5.47. The summed E-state index contributed by atoms with van der Waals surface area (Å²) in [5, 5.41) is 9.73. The summed E-state index contributed by atoms with van der Waals surface area (Å²) in [5.41, 5.74) is 0. The fourth-order valence-electron chi connectivity index (χ4n) is 2.27. The maximum atomic E-state index is 10.9. The van der Waals surface area contributed by atoms with E-state index in [0.717, 1.165) is 51.6 Å². The van der Waals surface area contributed by atoms with Crippen LogP contribution in [0.1, 0.15) is 57.8 Å². The van der Waals surface area contributed by atoms with Gasteiger partial charge < -0.3 is 19.3 Å². The molecule has 2 unspecified atom stereocenters. The molecule has 0 aromatic rings. The minimum absolute atomic E-state index is 0.130. The van der Waals surface area contributed by atoms with E-state index >= 15 is 0 Å². The van der Waals surface area contributed by atoms with Gasteiger partial charge in [0.2, 0.25) is 0 Å². The number of unbranched alkanes of at least 4 members (excludes halogenated alkanes) is 3. The van der Waals surface area contributed by atoms with Gasteiger partial charge in [0.1, 0.15) is 12.7 Å². The average Bonchev–Trinajstić information content (AvgIpc) is 2.55. The SMILES string of the molecule is COC(=O)CCCCCCC(O)C#CCOC1CCCCO1. The van der Waals surface area contributed by atoms with Crippen LogP contribution in [0, 0.1) is 11.8 Å². The van der Waals surface area contributed by atoms with Gasteiger partial charge in [-0.3, -0.25) is 4.79 Å². The molecule has 1 aliphatic rings. The van der Waals surface area contributed by atoms with E-state index < -0.39 is 6.10 Å². The quantitative estimate of drug-likeness (QED) is 0.402. The van der Waals surface area contributed by atoms with E-state index in [4.69, 9.17) is 9.47 Å². The number of methoxy groups -OCH3 is 1. The van der Waals surface area contributed by atoms with Crippen molar-refractivity contribution in [2.24, 2.45) is 0 Å². The Labute approximate surface area is 133 Å². The summed E-state index contributed by atoms with van der Waals surface area (Å²) in [5.74, 6) is 5.48. The lowest BCUT2D eigenvalue weighted by Crippen LogP contribution is -2.22. The van der Waals surface area contributed by atoms with Gasteiger partial charge in [0.15, 0.2) is 6.29 Å². The highest BCUT2D eigenvalue weighted by molar-refractivity contribution is 5.68. The smallest absolute Gasteiger partial charge is 0.305 e. The summed E-state index contributed by atoms with van der Waals surface area (Å²) in [4.78, 5) is 10.9. The highest BCUT2D eigenvalue weighted by Crippen LogP contribution is 2.13. The summed E-state index contributed by atoms with van der Waals surface area (Å²) in [6, 6.07) is 0. The third-order valence-corrected chi connectivity index (χ3v) is 3.58. The highest BCUT2D eigenvalue weighted by atomic mass is 16.7. The molecule has 5 heteroatoms. The first-order chi connectivity index (χ1) is 10.7. The van der Waals surface area contributed by atoms with E-state index in [2.05, 4.69) is 16.6 Å². The number of rotatable bonds is 9. The minimum Gasteiger partial charge on any atom is -0.469 e. The fraction of sp³-hybridized carbons (Fsp3) is 0.824. The molecular formula is C17H28O5. The Morgan fingerprint density at radius 3 is 2.86 bits per heavy atom. The summed E-state index contributed by atoms with van der Waals surface area (Å²) in [7, 11) is 1.40. The zero-order valence-electron chi connectivity index (χ0n) is 13.5. The maximum absolute atomic E-state index is 10.9. The number of hydrogen-bond donors (Lipinski definition) is 1. The van der Waals surface area contributed by atoms with Gasteiger partial charge in [-0.1, -0.05) is 24.7 Å². The molecule has 1 rings (SSSR count). The van der Waals surface area contributed by atoms with Crippen molar-refractivity contribution in [1.82, 2.24) is 0 Å². The van der Waals surface area contributed by atoms with Crippen molar-refractivity contribution in [3.05, 3.63) is 0 Å². The molecule has 0 bridgehead atoms. The summed E-state index contributed by atoms with van der Waals surface area (Å²) >= 11 is 0. The Hall–Kier alpha value is -1.09. The number of esters is 1. The zero-order valence-corrected chi connectivity index (χ0v) is 13.5. The molecule has 0 aromatic heterocycles. The van der Waals surface area contributed by atoms with Gasteiger partial charge in [0, 0.05) is 13.0 Å². The Morgan fingerprint density at radius 2 is 2.14 bits per heavy atom. The Morgan fingerprint density at radius 1 is 1.32 bits per heavy atom. The van der Waals surface area contributed by atoms with Gasteiger partial charge in [-0.25, -0.2) is 0 Å². The number of ether oxygens (including phenoxy) is 3. The van der Waals surface area contributed by atoms with Crippen molar-refractivity contribution in [3.8, 4) is 11.8 Å². The number of carbonyl (C=O) groups is 1. The van der Waals surface area contributed by atoms with Gasteiger partial charge in [0.25, 0.3) is 0 Å². The van der Waals surface area contributed by atoms with Crippen LogP contribution >= 0.6 is 0 Å². The van der Waals surface area contributed by atoms with Crippen LogP contribution in [0.4, 0.5) is 0 Å². The van der Waals surface area contributed by atoms with Crippen molar-refractivity contribution in [2.45, 2.75) is 70.2 Å². The molecule has 5 nitrogen and oxygen atoms in total. The van der Waals surface area contributed by atoms with Crippen LogP contribution in [0.15, 0.2) is 0 Å². The standard InChI is InChI=1S/C17H28O5/c1-20-16(19)11-5-3-2-4-9-15(18)10-8-14-22-17-12-6-7-13-21-17/h15,17-18H,2-7,9,11-14H2,1H3. The molecule has 1 fully saturated rings. The van der Waals surface area contributed by atoms with E-state index in [1.165, 1.54) is 7.11 Å². The van der Waals surface area contributed by atoms with Crippen molar-refractivity contribution in [3.63, 3.8) is 0 Å². The predicted octanol–water partition coefficient (Wildman–Crippen LogP) is 2.41. The molecule has 0 saturated carbocycles. The first-order valence-electron chi connectivity index (χ1n) is 8.19. The molecule has 1 aliphatic heterocycles. The van der Waals surface area contributed by atoms with Crippen LogP contribution in [-0.2, 0) is 19.0 Å². The van der Waals surface area contributed by atoms with E-state index in [0.29, 0.717) is 19.4 Å². The number of aliphatic hydroxyl groups is 1. The number of carbonyl (C=O) groups excluding carboxylic acids is 1. The first kappa shape index (κ1) is 19.0. The largest absolute Gasteiger partial charge is 0.469 e. The van der Waals surface area contributed by atoms with E-state index in [-0.39, 0.29) is 12.3 Å². The highest BCUT2D eigenvalue weighted by Gasteiger charge is 2.12. The van der Waals surface area contributed by atoms with Gasteiger partial charge in [0.05, 0.1) is 7.11 Å². The third kappa shape index (κ3) is 9.78. The molecule has 0 amide bonds. The van der Waals surface area contributed by atoms with E-state index in [1.54, 1.807) is 0 Å². The van der Waals surface area contributed by atoms with Crippen LogP contribution in [0.25, 0.3) is 0 Å². The van der Waals surface area contributed by atoms with Crippen molar-refractivity contribution in [2.75, 3.05) is 20.3 Å². The van der Waals surface area contributed by atoms with Crippen LogP contribution in [0.2, 0.25) is 0 Å². The summed E-state index contributed by atoms with van der Waals surface area (Å²) in [6.45, 7) is 1.07. The second-order valence-corrected chi connectivity index (χ2v) is 5.47. The number of hydrogen-bond acceptors (Lipinski definition) is 5. The fourth-order valence-corrected chi connectivity index (χ4v) is 2.27. The topological polar surface area (TPSA) is 65.0 Å². The molecular weight excluding hydrogens is 284 g/mol. The van der Waals surface area contributed by atoms with Crippen LogP contribution in [-0.4, -0.2) is 43.8 Å². The lowest BCUT2D eigenvalue weighted by atomic mass is 10.1. The monoisotopic (exact) mass is 312 g/mol. The predicted molar refractivity (Wildman–Crippen MR) is 83.0 cm³/mol. The number of aliphatic hydroxyl groups excluding tert-OH is 1. The molecule has 0 aliphatic carbocycles. The minimum atomic E-state index is -0.600. The zero-order chi connectivity index (χ0) is 16.0. The van der Waals surface area contributed by atoms with Crippen LogP contribution < -0.4 is 0 Å². The second kappa shape index (κ2) is 12.5. The molecule has 1 saturated heterocycles. The van der Waals surface area contributed by atoms with Crippen molar-refractivity contribution in [1.29, 1.82) is 0 Å².